The van der Waals surface area contributed by atoms with Gasteiger partial charge in [-0.3, -0.25) is 0 Å². The van der Waals surface area contributed by atoms with E-state index < -0.39 is 0 Å². The van der Waals surface area contributed by atoms with Crippen LogP contribution in [0.3, 0.4) is 0 Å². The van der Waals surface area contributed by atoms with Gasteiger partial charge in [-0.25, -0.2) is 0 Å². The van der Waals surface area contributed by atoms with Crippen LogP contribution in [0.5, 0.6) is 0 Å². The Morgan fingerprint density at radius 3 is 2.33 bits per heavy atom. The zero-order valence-corrected chi connectivity index (χ0v) is 12.6. The average Bonchev–Trinajstić information content (AvgIpc) is 2.71. The summed E-state index contributed by atoms with van der Waals surface area (Å²) >= 11 is 0. The molecule has 1 rings (SSSR count). The summed E-state index contributed by atoms with van der Waals surface area (Å²) in [4.78, 5) is 2.03. The third kappa shape index (κ3) is 4.29. The molecule has 0 saturated heterocycles. The maximum Gasteiger partial charge on any atom is 0.318 e. The van der Waals surface area contributed by atoms with Crippen LogP contribution in [0.25, 0.3) is 0 Å². The molecule has 0 aliphatic heterocycles. The van der Waals surface area contributed by atoms with Gasteiger partial charge in [0.05, 0.1) is 6.54 Å². The smallest absolute Gasteiger partial charge is 0.318 e. The van der Waals surface area contributed by atoms with Crippen molar-refractivity contribution >= 4 is 6.01 Å². The second-order valence-corrected chi connectivity index (χ2v) is 6.18. The van der Waals surface area contributed by atoms with Gasteiger partial charge < -0.3 is 14.6 Å². The summed E-state index contributed by atoms with van der Waals surface area (Å²) in [6.07, 6.45) is 0. The highest BCUT2D eigenvalue weighted by Gasteiger charge is 2.19. The molecule has 1 atom stereocenters. The summed E-state index contributed by atoms with van der Waals surface area (Å²) in [5.41, 5.74) is 0.0474. The van der Waals surface area contributed by atoms with E-state index in [9.17, 15) is 0 Å². The van der Waals surface area contributed by atoms with Crippen molar-refractivity contribution in [1.82, 2.24) is 15.5 Å². The van der Waals surface area contributed by atoms with Gasteiger partial charge in [0.2, 0.25) is 5.89 Å². The van der Waals surface area contributed by atoms with Gasteiger partial charge in [-0.15, -0.1) is 5.10 Å². The van der Waals surface area contributed by atoms with E-state index in [1.165, 1.54) is 0 Å². The first kappa shape index (κ1) is 15.0. The maximum atomic E-state index is 5.65. The van der Waals surface area contributed by atoms with Crippen molar-refractivity contribution in [3.63, 3.8) is 0 Å². The molecular formula is C13H26N4O. The molecule has 0 aliphatic rings. The Labute approximate surface area is 110 Å². The van der Waals surface area contributed by atoms with E-state index in [0.717, 1.165) is 0 Å². The largest absolute Gasteiger partial charge is 0.407 e. The van der Waals surface area contributed by atoms with Crippen molar-refractivity contribution in [2.45, 2.75) is 59.7 Å². The number of nitrogens with zero attached hydrogens (tertiary/aromatic N) is 3. The molecule has 0 aromatic carbocycles. The predicted octanol–water partition coefficient (Wildman–Crippen LogP) is 2.44. The van der Waals surface area contributed by atoms with Crippen molar-refractivity contribution in [1.29, 1.82) is 0 Å². The predicted molar refractivity (Wildman–Crippen MR) is 73.6 cm³/mol. The van der Waals surface area contributed by atoms with Crippen LogP contribution in [0.4, 0.5) is 6.01 Å². The van der Waals surface area contributed by atoms with Crippen LogP contribution in [0.2, 0.25) is 0 Å². The molecule has 0 fully saturated rings. The van der Waals surface area contributed by atoms with Crippen molar-refractivity contribution in [2.24, 2.45) is 5.92 Å². The Kier molecular flexibility index (Phi) is 4.73. The molecule has 0 radical (unpaired) electrons. The molecule has 5 nitrogen and oxygen atoms in total. The van der Waals surface area contributed by atoms with Crippen LogP contribution in [-0.4, -0.2) is 28.8 Å². The topological polar surface area (TPSA) is 54.2 Å². The van der Waals surface area contributed by atoms with Crippen LogP contribution in [0.1, 0.15) is 47.4 Å². The van der Waals surface area contributed by atoms with Crippen molar-refractivity contribution in [3.05, 3.63) is 5.89 Å². The summed E-state index contributed by atoms with van der Waals surface area (Å²) in [6.45, 7) is 13.4. The van der Waals surface area contributed by atoms with Crippen LogP contribution >= 0.6 is 0 Å². The lowest BCUT2D eigenvalue weighted by atomic mass is 10.1. The number of hydrogen-bond donors (Lipinski definition) is 1. The third-order valence-electron chi connectivity index (χ3n) is 3.10. The van der Waals surface area contributed by atoms with Gasteiger partial charge >= 0.3 is 6.01 Å². The number of nitrogens with one attached hydrogen (secondary N) is 1. The van der Waals surface area contributed by atoms with Crippen molar-refractivity contribution in [2.75, 3.05) is 11.9 Å². The minimum atomic E-state index is 0.0474. The fourth-order valence-electron chi connectivity index (χ4n) is 1.42. The molecule has 1 aromatic heterocycles. The normalized spacial score (nSPS) is 14.0. The molecule has 104 valence electrons. The highest BCUT2D eigenvalue weighted by atomic mass is 16.4. The van der Waals surface area contributed by atoms with E-state index in [2.05, 4.69) is 57.1 Å². The lowest BCUT2D eigenvalue weighted by molar-refractivity contribution is 0.376. The van der Waals surface area contributed by atoms with Crippen LogP contribution in [0, 0.1) is 5.92 Å². The van der Waals surface area contributed by atoms with E-state index in [1.54, 1.807) is 0 Å². The summed E-state index contributed by atoms with van der Waals surface area (Å²) < 4.78 is 5.65. The Morgan fingerprint density at radius 2 is 1.83 bits per heavy atom. The first-order chi connectivity index (χ1) is 8.20. The van der Waals surface area contributed by atoms with Crippen LogP contribution in [0.15, 0.2) is 4.42 Å². The fourth-order valence-corrected chi connectivity index (χ4v) is 1.42. The summed E-state index contributed by atoms with van der Waals surface area (Å²) in [6, 6.07) is 0.954. The standard InChI is InChI=1S/C13H26N4O/c1-9(2)10(3)17(7)12-16-15-11(18-12)8-14-13(4,5)6/h9-10,14H,8H2,1-7H3. The zero-order valence-electron chi connectivity index (χ0n) is 12.6. The van der Waals surface area contributed by atoms with Crippen LogP contribution < -0.4 is 10.2 Å². The Bertz CT molecular complexity index is 367. The average molecular weight is 254 g/mol. The Hall–Kier alpha value is -1.10. The first-order valence-electron chi connectivity index (χ1n) is 6.51. The Morgan fingerprint density at radius 1 is 1.22 bits per heavy atom. The molecular weight excluding hydrogens is 228 g/mol. The molecule has 1 aromatic rings. The van der Waals surface area contributed by atoms with E-state index in [0.29, 0.717) is 30.4 Å². The number of aromatic nitrogens is 2. The molecule has 0 amide bonds. The molecule has 1 heterocycles. The maximum absolute atomic E-state index is 5.65. The van der Waals surface area contributed by atoms with Gasteiger partial charge in [0.1, 0.15) is 0 Å². The van der Waals surface area contributed by atoms with Crippen molar-refractivity contribution in [3.8, 4) is 0 Å². The monoisotopic (exact) mass is 254 g/mol. The van der Waals surface area contributed by atoms with Crippen molar-refractivity contribution < 1.29 is 4.42 Å². The summed E-state index contributed by atoms with van der Waals surface area (Å²) in [5.74, 6) is 1.17. The van der Waals surface area contributed by atoms with Gasteiger partial charge in [0, 0.05) is 18.6 Å². The van der Waals surface area contributed by atoms with Gasteiger partial charge in [0.15, 0.2) is 0 Å². The van der Waals surface area contributed by atoms with E-state index in [1.807, 2.05) is 11.9 Å². The zero-order chi connectivity index (χ0) is 13.9. The molecule has 18 heavy (non-hydrogen) atoms. The lowest BCUT2D eigenvalue weighted by Crippen LogP contribution is -2.35. The van der Waals surface area contributed by atoms with E-state index in [4.69, 9.17) is 4.42 Å². The summed E-state index contributed by atoms with van der Waals surface area (Å²) in [7, 11) is 1.99. The van der Waals surface area contributed by atoms with E-state index in [-0.39, 0.29) is 5.54 Å². The molecule has 0 bridgehead atoms. The van der Waals surface area contributed by atoms with Gasteiger partial charge in [0.25, 0.3) is 0 Å². The van der Waals surface area contributed by atoms with Gasteiger partial charge in [-0.1, -0.05) is 18.9 Å². The third-order valence-corrected chi connectivity index (χ3v) is 3.10. The highest BCUT2D eigenvalue weighted by molar-refractivity contribution is 5.24. The van der Waals surface area contributed by atoms with Gasteiger partial charge in [-0.05, 0) is 33.6 Å². The summed E-state index contributed by atoms with van der Waals surface area (Å²) in [5, 5.41) is 11.5. The second-order valence-electron chi connectivity index (χ2n) is 6.18. The molecule has 5 heteroatoms. The molecule has 0 saturated carbocycles. The number of rotatable bonds is 5. The second kappa shape index (κ2) is 5.69. The van der Waals surface area contributed by atoms with Gasteiger partial charge in [-0.2, -0.15) is 0 Å². The molecule has 0 aliphatic carbocycles. The fraction of sp³-hybridized carbons (Fsp3) is 0.846. The molecule has 1 N–H and O–H groups in total. The lowest BCUT2D eigenvalue weighted by Gasteiger charge is -2.25. The number of hydrogen-bond acceptors (Lipinski definition) is 5. The minimum Gasteiger partial charge on any atom is -0.407 e. The SMILES string of the molecule is CC(C)C(C)N(C)c1nnc(CNC(C)(C)C)o1. The van der Waals surface area contributed by atoms with Crippen LogP contribution in [-0.2, 0) is 6.54 Å². The first-order valence-corrected chi connectivity index (χ1v) is 6.51. The molecule has 0 spiro atoms. The number of anilines is 1. The Balaban J connectivity index is 2.63. The van der Waals surface area contributed by atoms with E-state index >= 15 is 0 Å². The minimum absolute atomic E-state index is 0.0474. The highest BCUT2D eigenvalue weighted by Crippen LogP contribution is 2.17. The molecule has 1 unspecified atom stereocenters. The quantitative estimate of drug-likeness (QED) is 0.874.